The van der Waals surface area contributed by atoms with Crippen LogP contribution < -0.4 is 19.1 Å². The fourth-order valence-electron chi connectivity index (χ4n) is 3.43. The van der Waals surface area contributed by atoms with E-state index in [1.54, 1.807) is 24.3 Å². The average molecular weight is 599 g/mol. The molecule has 40 heavy (non-hydrogen) atoms. The highest BCUT2D eigenvalue weighted by atomic mass is 35.5. The summed E-state index contributed by atoms with van der Waals surface area (Å²) in [4.78, 5) is 12.6. The van der Waals surface area contributed by atoms with Gasteiger partial charge in [-0.15, -0.1) is 0 Å². The van der Waals surface area contributed by atoms with E-state index in [0.29, 0.717) is 40.9 Å². The Labute approximate surface area is 242 Å². The van der Waals surface area contributed by atoms with Crippen molar-refractivity contribution in [3.63, 3.8) is 0 Å². The van der Waals surface area contributed by atoms with Crippen LogP contribution in [0.3, 0.4) is 0 Å². The van der Waals surface area contributed by atoms with Gasteiger partial charge in [0.1, 0.15) is 11.5 Å². The maximum absolute atomic E-state index is 12.7. The molecular weight excluding hydrogens is 575 g/mol. The van der Waals surface area contributed by atoms with E-state index in [0.717, 1.165) is 5.56 Å². The fraction of sp³-hybridized carbons (Fsp3) is 0.103. The Kier molecular flexibility index (Phi) is 9.65. The standard InChI is InChI=1S/C29H24Cl2N2O6S/c1-2-37-28-17-22(9-15-27(28)38-19-20-6-4-3-5-7-20)29(34)33-32-18-21-8-14-26(25(31)16-21)39-40(35,36)24-12-10-23(30)11-13-24/h3-18H,2,19H2,1H3,(H,33,34)/b32-18+. The van der Waals surface area contributed by atoms with Gasteiger partial charge < -0.3 is 13.7 Å². The van der Waals surface area contributed by atoms with Crippen molar-refractivity contribution in [2.75, 3.05) is 6.61 Å². The number of halogens is 2. The molecule has 0 atom stereocenters. The number of ether oxygens (including phenoxy) is 2. The second-order valence-corrected chi connectivity index (χ2v) is 10.6. The predicted octanol–water partition coefficient (Wildman–Crippen LogP) is 6.50. The molecule has 0 aliphatic rings. The molecule has 0 bridgehead atoms. The predicted molar refractivity (Wildman–Crippen MR) is 154 cm³/mol. The summed E-state index contributed by atoms with van der Waals surface area (Å²) >= 11 is 12.0. The second-order valence-electron chi connectivity index (χ2n) is 8.25. The smallest absolute Gasteiger partial charge is 0.339 e. The van der Waals surface area contributed by atoms with Crippen LogP contribution >= 0.6 is 23.2 Å². The van der Waals surface area contributed by atoms with Crippen molar-refractivity contribution >= 4 is 45.4 Å². The van der Waals surface area contributed by atoms with Crippen LogP contribution in [0.15, 0.2) is 101 Å². The van der Waals surface area contributed by atoms with Gasteiger partial charge in [-0.25, -0.2) is 5.43 Å². The maximum Gasteiger partial charge on any atom is 0.339 e. The molecule has 0 spiro atoms. The van der Waals surface area contributed by atoms with Crippen molar-refractivity contribution in [1.29, 1.82) is 0 Å². The van der Waals surface area contributed by atoms with Crippen molar-refractivity contribution in [3.05, 3.63) is 118 Å². The number of nitrogens with zero attached hydrogens (tertiary/aromatic N) is 1. The number of nitrogens with one attached hydrogen (secondary N) is 1. The SMILES string of the molecule is CCOc1cc(C(=O)N/N=C/c2ccc(OS(=O)(=O)c3ccc(Cl)cc3)c(Cl)c2)ccc1OCc1ccccc1. The Balaban J connectivity index is 1.38. The van der Waals surface area contributed by atoms with E-state index in [2.05, 4.69) is 10.5 Å². The van der Waals surface area contributed by atoms with Crippen LogP contribution in [0.25, 0.3) is 0 Å². The number of carbonyl (C=O) groups is 1. The van der Waals surface area contributed by atoms with E-state index in [-0.39, 0.29) is 15.7 Å². The largest absolute Gasteiger partial charge is 0.490 e. The first-order chi connectivity index (χ1) is 19.2. The van der Waals surface area contributed by atoms with Gasteiger partial charge >= 0.3 is 10.1 Å². The molecule has 0 aliphatic carbocycles. The minimum Gasteiger partial charge on any atom is -0.490 e. The van der Waals surface area contributed by atoms with Crippen LogP contribution in [0.2, 0.25) is 10.0 Å². The number of hydrogen-bond acceptors (Lipinski definition) is 7. The molecule has 0 unspecified atom stereocenters. The lowest BCUT2D eigenvalue weighted by Gasteiger charge is -2.13. The van der Waals surface area contributed by atoms with Gasteiger partial charge in [-0.05, 0) is 78.7 Å². The highest BCUT2D eigenvalue weighted by Gasteiger charge is 2.18. The first-order valence-electron chi connectivity index (χ1n) is 12.0. The summed E-state index contributed by atoms with van der Waals surface area (Å²) < 4.78 is 41.7. The Morgan fingerprint density at radius 3 is 2.30 bits per heavy atom. The monoisotopic (exact) mass is 598 g/mol. The number of carbonyl (C=O) groups excluding carboxylic acids is 1. The molecule has 4 aromatic rings. The third-order valence-electron chi connectivity index (χ3n) is 5.38. The van der Waals surface area contributed by atoms with Gasteiger partial charge in [-0.1, -0.05) is 53.5 Å². The Morgan fingerprint density at radius 1 is 0.875 bits per heavy atom. The van der Waals surface area contributed by atoms with E-state index < -0.39 is 16.0 Å². The zero-order valence-corrected chi connectivity index (χ0v) is 23.5. The van der Waals surface area contributed by atoms with Gasteiger partial charge in [0.05, 0.1) is 17.8 Å². The molecule has 0 aliphatic heterocycles. The third kappa shape index (κ3) is 7.75. The first-order valence-corrected chi connectivity index (χ1v) is 14.2. The second kappa shape index (κ2) is 13.3. The number of hydrogen-bond donors (Lipinski definition) is 1. The highest BCUT2D eigenvalue weighted by Crippen LogP contribution is 2.30. The lowest BCUT2D eigenvalue weighted by atomic mass is 10.2. The van der Waals surface area contributed by atoms with Gasteiger partial charge in [0.15, 0.2) is 17.2 Å². The summed E-state index contributed by atoms with van der Waals surface area (Å²) in [6, 6.07) is 24.5. The minimum absolute atomic E-state index is 0.0419. The molecule has 0 saturated carbocycles. The Bertz CT molecular complexity index is 1610. The first kappa shape index (κ1) is 28.9. The van der Waals surface area contributed by atoms with E-state index in [1.165, 1.54) is 42.6 Å². The Hall–Kier alpha value is -4.05. The molecular formula is C29H24Cl2N2O6S. The van der Waals surface area contributed by atoms with Crippen molar-refractivity contribution < 1.29 is 26.9 Å². The molecule has 4 aromatic carbocycles. The van der Waals surface area contributed by atoms with Crippen LogP contribution in [-0.4, -0.2) is 27.1 Å². The summed E-state index contributed by atoms with van der Waals surface area (Å²) in [7, 11) is -4.11. The lowest BCUT2D eigenvalue weighted by molar-refractivity contribution is 0.0954. The maximum atomic E-state index is 12.7. The lowest BCUT2D eigenvalue weighted by Crippen LogP contribution is -2.17. The van der Waals surface area contributed by atoms with Crippen LogP contribution in [-0.2, 0) is 16.7 Å². The topological polar surface area (TPSA) is 103 Å². The van der Waals surface area contributed by atoms with E-state index in [4.69, 9.17) is 36.9 Å². The van der Waals surface area contributed by atoms with E-state index in [9.17, 15) is 13.2 Å². The molecule has 206 valence electrons. The number of rotatable bonds is 11. The van der Waals surface area contributed by atoms with Crippen LogP contribution in [0.1, 0.15) is 28.4 Å². The zero-order chi connectivity index (χ0) is 28.5. The number of hydrazone groups is 1. The normalized spacial score (nSPS) is 11.3. The molecule has 0 heterocycles. The van der Waals surface area contributed by atoms with Crippen molar-refractivity contribution in [2.45, 2.75) is 18.4 Å². The number of amides is 1. The van der Waals surface area contributed by atoms with Crippen molar-refractivity contribution in [2.24, 2.45) is 5.10 Å². The van der Waals surface area contributed by atoms with E-state index in [1.807, 2.05) is 37.3 Å². The highest BCUT2D eigenvalue weighted by molar-refractivity contribution is 7.87. The van der Waals surface area contributed by atoms with Gasteiger partial charge in [0.2, 0.25) is 0 Å². The summed E-state index contributed by atoms with van der Waals surface area (Å²) in [6.45, 7) is 2.59. The van der Waals surface area contributed by atoms with Crippen LogP contribution in [0.5, 0.6) is 17.2 Å². The summed E-state index contributed by atoms with van der Waals surface area (Å²) in [6.07, 6.45) is 1.36. The summed E-state index contributed by atoms with van der Waals surface area (Å²) in [5, 5.41) is 4.40. The van der Waals surface area contributed by atoms with Gasteiger partial charge in [0.25, 0.3) is 5.91 Å². The molecule has 0 saturated heterocycles. The quantitative estimate of drug-likeness (QED) is 0.120. The molecule has 4 rings (SSSR count). The molecule has 0 fully saturated rings. The molecule has 0 radical (unpaired) electrons. The zero-order valence-electron chi connectivity index (χ0n) is 21.2. The number of benzene rings is 4. The van der Waals surface area contributed by atoms with E-state index >= 15 is 0 Å². The average Bonchev–Trinajstić information content (AvgIpc) is 2.94. The van der Waals surface area contributed by atoms with Gasteiger partial charge in [-0.3, -0.25) is 4.79 Å². The fourth-order valence-corrected chi connectivity index (χ4v) is 4.78. The summed E-state index contributed by atoms with van der Waals surface area (Å²) in [5.74, 6) is 0.425. The summed E-state index contributed by atoms with van der Waals surface area (Å²) in [5.41, 5.74) is 4.27. The molecule has 1 N–H and O–H groups in total. The molecule has 1 amide bonds. The van der Waals surface area contributed by atoms with Gasteiger partial charge in [-0.2, -0.15) is 13.5 Å². The van der Waals surface area contributed by atoms with Crippen molar-refractivity contribution in [1.82, 2.24) is 5.43 Å². The minimum atomic E-state index is -4.11. The molecule has 11 heteroatoms. The van der Waals surface area contributed by atoms with Crippen LogP contribution in [0.4, 0.5) is 0 Å². The van der Waals surface area contributed by atoms with Crippen molar-refractivity contribution in [3.8, 4) is 17.2 Å². The van der Waals surface area contributed by atoms with Crippen LogP contribution in [0, 0.1) is 0 Å². The molecule has 8 nitrogen and oxygen atoms in total. The van der Waals surface area contributed by atoms with Gasteiger partial charge in [0, 0.05) is 10.6 Å². The third-order valence-corrected chi connectivity index (χ3v) is 7.18. The molecule has 0 aromatic heterocycles. The Morgan fingerprint density at radius 2 is 1.60 bits per heavy atom.